The van der Waals surface area contributed by atoms with Crippen molar-refractivity contribution in [3.05, 3.63) is 51.7 Å². The number of carbonyl (C=O) groups is 1. The van der Waals surface area contributed by atoms with Gasteiger partial charge in [-0.3, -0.25) is 4.79 Å². The Hall–Kier alpha value is -1.81. The van der Waals surface area contributed by atoms with Crippen LogP contribution in [-0.4, -0.2) is 23.4 Å². The van der Waals surface area contributed by atoms with Gasteiger partial charge in [-0.25, -0.2) is 0 Å². The molecule has 0 spiro atoms. The number of hydrogen-bond donors (Lipinski definition) is 1. The van der Waals surface area contributed by atoms with Gasteiger partial charge in [-0.05, 0) is 54.5 Å². The van der Waals surface area contributed by atoms with Crippen LogP contribution >= 0.6 is 11.3 Å². The minimum atomic E-state index is 0.181. The summed E-state index contributed by atoms with van der Waals surface area (Å²) in [6, 6.07) is 10.7. The van der Waals surface area contributed by atoms with Crippen LogP contribution in [0.25, 0.3) is 0 Å². The van der Waals surface area contributed by atoms with E-state index in [4.69, 9.17) is 0 Å². The fourth-order valence-corrected chi connectivity index (χ4v) is 3.63. The summed E-state index contributed by atoms with van der Waals surface area (Å²) in [5.41, 5.74) is 3.29. The van der Waals surface area contributed by atoms with Gasteiger partial charge in [0.2, 0.25) is 0 Å². The predicted molar refractivity (Wildman–Crippen MR) is 85.9 cm³/mol. The maximum atomic E-state index is 12.9. The third-order valence-corrected chi connectivity index (χ3v) is 5.08. The highest BCUT2D eigenvalue weighted by Gasteiger charge is 2.33. The summed E-state index contributed by atoms with van der Waals surface area (Å²) in [7, 11) is 0. The lowest BCUT2D eigenvalue weighted by Crippen LogP contribution is -2.32. The number of nitrogens with zero attached hydrogens (tertiary/aromatic N) is 1. The highest BCUT2D eigenvalue weighted by Crippen LogP contribution is 2.31. The SMILES string of the molecule is O=C(c1ccc2c(c1)CCN2)N(Cc1cccs1)C1CC1. The smallest absolute Gasteiger partial charge is 0.254 e. The van der Waals surface area contributed by atoms with Gasteiger partial charge in [-0.2, -0.15) is 0 Å². The first-order valence-electron chi connectivity index (χ1n) is 7.51. The Morgan fingerprint density at radius 2 is 2.24 bits per heavy atom. The summed E-state index contributed by atoms with van der Waals surface area (Å²) in [6.45, 7) is 1.73. The topological polar surface area (TPSA) is 32.3 Å². The number of anilines is 1. The first-order valence-corrected chi connectivity index (χ1v) is 8.39. The molecule has 1 amide bonds. The number of thiophene rings is 1. The van der Waals surface area contributed by atoms with Crippen LogP contribution in [0, 0.1) is 0 Å². The van der Waals surface area contributed by atoms with E-state index in [-0.39, 0.29) is 5.91 Å². The van der Waals surface area contributed by atoms with E-state index in [0.29, 0.717) is 6.04 Å². The van der Waals surface area contributed by atoms with Gasteiger partial charge in [-0.15, -0.1) is 11.3 Å². The second-order valence-electron chi connectivity index (χ2n) is 5.79. The third-order valence-electron chi connectivity index (χ3n) is 4.22. The molecule has 2 aromatic rings. The van der Waals surface area contributed by atoms with Gasteiger partial charge in [0, 0.05) is 28.7 Å². The second kappa shape index (κ2) is 5.19. The quantitative estimate of drug-likeness (QED) is 0.936. The largest absolute Gasteiger partial charge is 0.384 e. The molecule has 2 heterocycles. The van der Waals surface area contributed by atoms with Crippen LogP contribution in [0.15, 0.2) is 35.7 Å². The molecule has 4 rings (SSSR count). The molecule has 0 saturated heterocycles. The Bertz CT molecular complexity index is 661. The molecule has 4 heteroatoms. The second-order valence-corrected chi connectivity index (χ2v) is 6.82. The molecule has 0 bridgehead atoms. The van der Waals surface area contributed by atoms with Crippen molar-refractivity contribution >= 4 is 22.9 Å². The minimum Gasteiger partial charge on any atom is -0.384 e. The van der Waals surface area contributed by atoms with E-state index < -0.39 is 0 Å². The molecule has 3 nitrogen and oxygen atoms in total. The van der Waals surface area contributed by atoms with Gasteiger partial charge in [0.1, 0.15) is 0 Å². The predicted octanol–water partition coefficient (Wildman–Crippen LogP) is 3.52. The van der Waals surface area contributed by atoms with Crippen LogP contribution < -0.4 is 5.32 Å². The van der Waals surface area contributed by atoms with E-state index in [2.05, 4.69) is 33.8 Å². The Labute approximate surface area is 128 Å². The number of hydrogen-bond acceptors (Lipinski definition) is 3. The van der Waals surface area contributed by atoms with E-state index >= 15 is 0 Å². The number of benzene rings is 1. The summed E-state index contributed by atoms with van der Waals surface area (Å²) in [5.74, 6) is 0.181. The summed E-state index contributed by atoms with van der Waals surface area (Å²) in [4.78, 5) is 16.2. The molecule has 0 atom stereocenters. The van der Waals surface area contributed by atoms with Crippen molar-refractivity contribution in [1.29, 1.82) is 0 Å². The molecule has 1 N–H and O–H groups in total. The molecule has 1 aromatic heterocycles. The number of rotatable bonds is 4. The van der Waals surface area contributed by atoms with Crippen molar-refractivity contribution in [2.24, 2.45) is 0 Å². The highest BCUT2D eigenvalue weighted by molar-refractivity contribution is 7.09. The molecule has 2 aliphatic rings. The Kier molecular flexibility index (Phi) is 3.19. The fraction of sp³-hybridized carbons (Fsp3) is 0.353. The molecule has 1 aromatic carbocycles. The normalized spacial score (nSPS) is 16.4. The standard InChI is InChI=1S/C17H18N2OS/c20-17(13-3-6-16-12(10-13)7-8-18-16)19(14-4-5-14)11-15-2-1-9-21-15/h1-3,6,9-10,14,18H,4-5,7-8,11H2. The number of amides is 1. The zero-order valence-corrected chi connectivity index (χ0v) is 12.7. The van der Waals surface area contributed by atoms with E-state index in [1.54, 1.807) is 11.3 Å². The van der Waals surface area contributed by atoms with Crippen LogP contribution in [0.2, 0.25) is 0 Å². The Morgan fingerprint density at radius 1 is 1.33 bits per heavy atom. The maximum absolute atomic E-state index is 12.9. The van der Waals surface area contributed by atoms with Gasteiger partial charge in [0.05, 0.1) is 6.54 Å². The summed E-state index contributed by atoms with van der Waals surface area (Å²) < 4.78 is 0. The average molecular weight is 298 g/mol. The molecule has 1 saturated carbocycles. The van der Waals surface area contributed by atoms with Gasteiger partial charge in [-0.1, -0.05) is 6.07 Å². The highest BCUT2D eigenvalue weighted by atomic mass is 32.1. The van der Waals surface area contributed by atoms with Crippen molar-refractivity contribution in [3.8, 4) is 0 Å². The van der Waals surface area contributed by atoms with Crippen LogP contribution in [-0.2, 0) is 13.0 Å². The summed E-state index contributed by atoms with van der Waals surface area (Å²) in [6.07, 6.45) is 3.30. The number of fused-ring (bicyclic) bond motifs is 1. The first-order chi connectivity index (χ1) is 10.3. The van der Waals surface area contributed by atoms with Crippen molar-refractivity contribution in [2.45, 2.75) is 31.8 Å². The van der Waals surface area contributed by atoms with Crippen molar-refractivity contribution in [1.82, 2.24) is 4.90 Å². The van der Waals surface area contributed by atoms with Crippen LogP contribution in [0.3, 0.4) is 0 Å². The van der Waals surface area contributed by atoms with Crippen LogP contribution in [0.1, 0.15) is 33.6 Å². The molecule has 1 aliphatic carbocycles. The van der Waals surface area contributed by atoms with Gasteiger partial charge in [0.25, 0.3) is 5.91 Å². The first kappa shape index (κ1) is 12.9. The van der Waals surface area contributed by atoms with Gasteiger partial charge in [0.15, 0.2) is 0 Å². The lowest BCUT2D eigenvalue weighted by molar-refractivity contribution is 0.0731. The maximum Gasteiger partial charge on any atom is 0.254 e. The van der Waals surface area contributed by atoms with Crippen LogP contribution in [0.4, 0.5) is 5.69 Å². The Balaban J connectivity index is 1.59. The molecule has 0 unspecified atom stereocenters. The molecule has 1 fully saturated rings. The fourth-order valence-electron chi connectivity index (χ4n) is 2.93. The molecule has 108 valence electrons. The molecular formula is C17H18N2OS. The van der Waals surface area contributed by atoms with Crippen molar-refractivity contribution in [3.63, 3.8) is 0 Å². The zero-order valence-electron chi connectivity index (χ0n) is 11.8. The number of carbonyl (C=O) groups excluding carboxylic acids is 1. The zero-order chi connectivity index (χ0) is 14.2. The van der Waals surface area contributed by atoms with Crippen LogP contribution in [0.5, 0.6) is 0 Å². The molecule has 1 aliphatic heterocycles. The Morgan fingerprint density at radius 3 is 3.00 bits per heavy atom. The molecular weight excluding hydrogens is 280 g/mol. The molecule has 21 heavy (non-hydrogen) atoms. The number of nitrogens with one attached hydrogen (secondary N) is 1. The summed E-state index contributed by atoms with van der Waals surface area (Å²) >= 11 is 1.73. The van der Waals surface area contributed by atoms with E-state index in [1.165, 1.54) is 16.1 Å². The van der Waals surface area contributed by atoms with E-state index in [9.17, 15) is 4.79 Å². The van der Waals surface area contributed by atoms with Crippen molar-refractivity contribution in [2.75, 3.05) is 11.9 Å². The average Bonchev–Trinajstić information content (AvgIpc) is 3.02. The van der Waals surface area contributed by atoms with Gasteiger partial charge >= 0.3 is 0 Å². The minimum absolute atomic E-state index is 0.181. The lowest BCUT2D eigenvalue weighted by atomic mass is 10.1. The lowest BCUT2D eigenvalue weighted by Gasteiger charge is -2.22. The van der Waals surface area contributed by atoms with Crippen molar-refractivity contribution < 1.29 is 4.79 Å². The monoisotopic (exact) mass is 298 g/mol. The van der Waals surface area contributed by atoms with E-state index in [0.717, 1.165) is 37.9 Å². The summed E-state index contributed by atoms with van der Waals surface area (Å²) in [5, 5.41) is 5.42. The van der Waals surface area contributed by atoms with E-state index in [1.807, 2.05) is 12.1 Å². The van der Waals surface area contributed by atoms with Gasteiger partial charge < -0.3 is 10.2 Å². The molecule has 0 radical (unpaired) electrons. The third kappa shape index (κ3) is 2.56.